The van der Waals surface area contributed by atoms with Crippen LogP contribution < -0.4 is 9.64 Å². The van der Waals surface area contributed by atoms with Crippen LogP contribution >= 0.6 is 0 Å². The van der Waals surface area contributed by atoms with E-state index in [1.807, 2.05) is 6.20 Å². The van der Waals surface area contributed by atoms with Crippen LogP contribution in [0, 0.1) is 36.0 Å². The predicted molar refractivity (Wildman–Crippen MR) is 162 cm³/mol. The van der Waals surface area contributed by atoms with Gasteiger partial charge in [-0.3, -0.25) is 9.48 Å². The molecule has 0 unspecified atom stereocenters. The summed E-state index contributed by atoms with van der Waals surface area (Å²) >= 11 is 0. The van der Waals surface area contributed by atoms with Crippen LogP contribution in [0.1, 0.15) is 87.3 Å². The maximum absolute atomic E-state index is 14.1. The summed E-state index contributed by atoms with van der Waals surface area (Å²) in [5, 5.41) is 14.0. The van der Waals surface area contributed by atoms with Gasteiger partial charge in [0, 0.05) is 35.8 Å². The van der Waals surface area contributed by atoms with Gasteiger partial charge in [-0.25, -0.2) is 0 Å². The SMILES string of the molecule is COc1ccc([C@H]2CC[C@H](CN(C(=O)C3CCC(C#N)CC3)c3cccc(-c4cnn(C5CC5)c4)c3)CC2)cc1C. The summed E-state index contributed by atoms with van der Waals surface area (Å²) < 4.78 is 7.55. The van der Waals surface area contributed by atoms with E-state index in [1.54, 1.807) is 7.11 Å². The zero-order valence-corrected chi connectivity index (χ0v) is 24.5. The maximum atomic E-state index is 14.1. The van der Waals surface area contributed by atoms with Crippen LogP contribution in [0.5, 0.6) is 5.75 Å². The third-order valence-corrected chi connectivity index (χ3v) is 9.72. The van der Waals surface area contributed by atoms with Crippen LogP contribution in [0.3, 0.4) is 0 Å². The lowest BCUT2D eigenvalue weighted by molar-refractivity contribution is -0.123. The molecule has 0 aliphatic heterocycles. The molecule has 3 saturated carbocycles. The van der Waals surface area contributed by atoms with E-state index in [-0.39, 0.29) is 17.7 Å². The molecule has 6 nitrogen and oxygen atoms in total. The van der Waals surface area contributed by atoms with Gasteiger partial charge in [0.2, 0.25) is 5.91 Å². The van der Waals surface area contributed by atoms with E-state index in [9.17, 15) is 10.1 Å². The molecule has 41 heavy (non-hydrogen) atoms. The summed E-state index contributed by atoms with van der Waals surface area (Å²) in [6.07, 6.45) is 14.3. The van der Waals surface area contributed by atoms with Crippen molar-refractivity contribution in [2.45, 2.75) is 83.1 Å². The van der Waals surface area contributed by atoms with Gasteiger partial charge in [0.15, 0.2) is 0 Å². The minimum atomic E-state index is -0.000476. The van der Waals surface area contributed by atoms with E-state index in [1.165, 1.54) is 24.0 Å². The molecule has 0 N–H and O–H groups in total. The first-order valence-electron chi connectivity index (χ1n) is 15.5. The standard InChI is InChI=1S/C35H42N4O2/c1-24-18-30(14-17-34(24)41-2)27-10-8-26(9-11-27)22-38(35(40)28-12-6-25(20-36)7-13-28)33-5-3-4-29(19-33)31-21-37-39(23-31)32-15-16-32/h3-5,14,17-19,21,23,25-28,32H,6-13,15-16,22H2,1-2H3/t25?,26-,27-,28?. The Morgan fingerprint density at radius 2 is 1.78 bits per heavy atom. The molecule has 0 bridgehead atoms. The highest BCUT2D eigenvalue weighted by molar-refractivity contribution is 5.95. The number of methoxy groups -OCH3 is 1. The number of benzene rings is 2. The van der Waals surface area contributed by atoms with Crippen molar-refractivity contribution in [1.82, 2.24) is 9.78 Å². The zero-order chi connectivity index (χ0) is 28.3. The largest absolute Gasteiger partial charge is 0.496 e. The Bertz CT molecular complexity index is 1400. The highest BCUT2D eigenvalue weighted by atomic mass is 16.5. The Kier molecular flexibility index (Phi) is 8.14. The summed E-state index contributed by atoms with van der Waals surface area (Å²) in [6.45, 7) is 2.88. The normalized spacial score (nSPS) is 24.4. The molecule has 0 spiro atoms. The number of anilines is 1. The van der Waals surface area contributed by atoms with Gasteiger partial charge in [-0.1, -0.05) is 24.3 Å². The first kappa shape index (κ1) is 27.6. The van der Waals surface area contributed by atoms with Gasteiger partial charge in [0.25, 0.3) is 0 Å². The van der Waals surface area contributed by atoms with E-state index in [2.05, 4.69) is 76.3 Å². The summed E-state index contributed by atoms with van der Waals surface area (Å²) in [4.78, 5) is 16.2. The molecule has 3 aliphatic carbocycles. The number of nitriles is 1. The number of aromatic nitrogens is 2. The Morgan fingerprint density at radius 3 is 2.46 bits per heavy atom. The molecule has 6 rings (SSSR count). The fourth-order valence-corrected chi connectivity index (χ4v) is 6.98. The molecule has 6 heteroatoms. The molecule has 0 radical (unpaired) electrons. The van der Waals surface area contributed by atoms with Crippen LogP contribution in [-0.2, 0) is 4.79 Å². The Morgan fingerprint density at radius 1 is 1.00 bits per heavy atom. The highest BCUT2D eigenvalue weighted by Crippen LogP contribution is 2.40. The molecule has 3 aromatic rings. The Balaban J connectivity index is 1.19. The molecule has 3 fully saturated rings. The molecule has 1 amide bonds. The molecule has 2 aromatic carbocycles. The van der Waals surface area contributed by atoms with Gasteiger partial charge >= 0.3 is 0 Å². The first-order valence-corrected chi connectivity index (χ1v) is 15.5. The van der Waals surface area contributed by atoms with E-state index < -0.39 is 0 Å². The second kappa shape index (κ2) is 12.1. The van der Waals surface area contributed by atoms with Crippen LogP contribution in [0.2, 0.25) is 0 Å². The minimum absolute atomic E-state index is 0.000476. The van der Waals surface area contributed by atoms with E-state index in [0.29, 0.717) is 17.9 Å². The molecular formula is C35H42N4O2. The second-order valence-corrected chi connectivity index (χ2v) is 12.6. The number of nitrogens with zero attached hydrogens (tertiary/aromatic N) is 4. The number of carbonyl (C=O) groups is 1. The van der Waals surface area contributed by atoms with Crippen molar-refractivity contribution in [2.24, 2.45) is 17.8 Å². The number of ether oxygens (including phenoxy) is 1. The van der Waals surface area contributed by atoms with Crippen molar-refractivity contribution in [3.05, 3.63) is 66.0 Å². The first-order chi connectivity index (χ1) is 20.0. The van der Waals surface area contributed by atoms with Gasteiger partial charge < -0.3 is 9.64 Å². The smallest absolute Gasteiger partial charge is 0.230 e. The molecule has 0 atom stereocenters. The number of hydrogen-bond acceptors (Lipinski definition) is 4. The van der Waals surface area contributed by atoms with E-state index >= 15 is 0 Å². The lowest BCUT2D eigenvalue weighted by atomic mass is 9.77. The minimum Gasteiger partial charge on any atom is -0.496 e. The average Bonchev–Trinajstić information content (AvgIpc) is 3.75. The molecule has 214 valence electrons. The number of carbonyl (C=O) groups excluding carboxylic acids is 1. The third kappa shape index (κ3) is 6.20. The van der Waals surface area contributed by atoms with Crippen LogP contribution in [0.25, 0.3) is 11.1 Å². The fraction of sp³-hybridized carbons (Fsp3) is 0.514. The number of rotatable bonds is 8. The van der Waals surface area contributed by atoms with Crippen LogP contribution in [0.15, 0.2) is 54.9 Å². The lowest BCUT2D eigenvalue weighted by Gasteiger charge is -2.36. The molecule has 0 saturated heterocycles. The van der Waals surface area contributed by atoms with Gasteiger partial charge in [0.1, 0.15) is 5.75 Å². The topological polar surface area (TPSA) is 71.2 Å². The Labute approximate surface area is 244 Å². The van der Waals surface area contributed by atoms with Crippen LogP contribution in [0.4, 0.5) is 5.69 Å². The summed E-state index contributed by atoms with van der Waals surface area (Å²) in [6, 6.07) is 18.1. The van der Waals surface area contributed by atoms with Crippen molar-refractivity contribution in [2.75, 3.05) is 18.6 Å². The quantitative estimate of drug-likeness (QED) is 0.286. The van der Waals surface area contributed by atoms with Crippen molar-refractivity contribution in [3.8, 4) is 22.9 Å². The molecular weight excluding hydrogens is 508 g/mol. The third-order valence-electron chi connectivity index (χ3n) is 9.72. The molecule has 1 heterocycles. The molecule has 3 aliphatic rings. The van der Waals surface area contributed by atoms with Gasteiger partial charge in [0.05, 0.1) is 25.4 Å². The predicted octanol–water partition coefficient (Wildman–Crippen LogP) is 7.84. The summed E-state index contributed by atoms with van der Waals surface area (Å²) in [5.41, 5.74) is 5.80. The van der Waals surface area contributed by atoms with Gasteiger partial charge in [-0.15, -0.1) is 0 Å². The van der Waals surface area contributed by atoms with Crippen molar-refractivity contribution < 1.29 is 9.53 Å². The van der Waals surface area contributed by atoms with Crippen LogP contribution in [-0.4, -0.2) is 29.3 Å². The summed E-state index contributed by atoms with van der Waals surface area (Å²) in [7, 11) is 1.73. The molecule has 1 aromatic heterocycles. The van der Waals surface area contributed by atoms with E-state index in [4.69, 9.17) is 4.74 Å². The van der Waals surface area contributed by atoms with Crippen molar-refractivity contribution in [3.63, 3.8) is 0 Å². The number of hydrogen-bond donors (Lipinski definition) is 0. The van der Waals surface area contributed by atoms with Gasteiger partial charge in [-0.2, -0.15) is 10.4 Å². The van der Waals surface area contributed by atoms with Gasteiger partial charge in [-0.05, 0) is 118 Å². The number of aryl methyl sites for hydroxylation is 1. The second-order valence-electron chi connectivity index (χ2n) is 12.6. The maximum Gasteiger partial charge on any atom is 0.230 e. The zero-order valence-electron chi connectivity index (χ0n) is 24.5. The van der Waals surface area contributed by atoms with Crippen molar-refractivity contribution >= 4 is 11.6 Å². The number of amides is 1. The Hall–Kier alpha value is -3.59. The average molecular weight is 551 g/mol. The summed E-state index contributed by atoms with van der Waals surface area (Å²) in [5.74, 6) is 2.32. The fourth-order valence-electron chi connectivity index (χ4n) is 6.98. The van der Waals surface area contributed by atoms with Crippen molar-refractivity contribution in [1.29, 1.82) is 5.26 Å². The van der Waals surface area contributed by atoms with E-state index in [0.717, 1.165) is 80.5 Å². The lowest BCUT2D eigenvalue weighted by Crippen LogP contribution is -2.41. The highest BCUT2D eigenvalue weighted by Gasteiger charge is 2.33. The monoisotopic (exact) mass is 550 g/mol.